The fraction of sp³-hybridized carbons (Fsp3) is 0.312. The molecule has 0 saturated heterocycles. The average molecular weight is 301 g/mol. The highest BCUT2D eigenvalue weighted by Crippen LogP contribution is 2.07. The van der Waals surface area contributed by atoms with Crippen LogP contribution in [0.25, 0.3) is 10.9 Å². The van der Waals surface area contributed by atoms with E-state index in [1.807, 2.05) is 13.8 Å². The summed E-state index contributed by atoms with van der Waals surface area (Å²) in [4.78, 5) is 36.9. The van der Waals surface area contributed by atoms with Gasteiger partial charge in [0.15, 0.2) is 0 Å². The summed E-state index contributed by atoms with van der Waals surface area (Å²) in [6.45, 7) is 7.23. The van der Waals surface area contributed by atoms with E-state index in [4.69, 9.17) is 0 Å². The molecule has 0 aliphatic rings. The van der Waals surface area contributed by atoms with Crippen molar-refractivity contribution in [1.29, 1.82) is 0 Å². The third kappa shape index (κ3) is 3.00. The van der Waals surface area contributed by atoms with Crippen LogP contribution in [0.1, 0.15) is 13.8 Å². The summed E-state index contributed by atoms with van der Waals surface area (Å²) in [5.74, 6) is -0.272. The van der Waals surface area contributed by atoms with Crippen LogP contribution in [0.3, 0.4) is 0 Å². The van der Waals surface area contributed by atoms with E-state index >= 15 is 0 Å². The predicted molar refractivity (Wildman–Crippen MR) is 85.9 cm³/mol. The summed E-state index contributed by atoms with van der Waals surface area (Å²) >= 11 is 0. The topological polar surface area (TPSA) is 73.1 Å². The first-order chi connectivity index (χ1) is 10.5. The number of nitrogens with one attached hydrogen (secondary N) is 1. The molecule has 0 atom stereocenters. The summed E-state index contributed by atoms with van der Waals surface area (Å²) < 4.78 is 2.40. The number of hydrogen-bond donors (Lipinski definition) is 1. The minimum atomic E-state index is -0.512. The van der Waals surface area contributed by atoms with Crippen LogP contribution in [-0.2, 0) is 17.9 Å². The summed E-state index contributed by atoms with van der Waals surface area (Å²) in [6, 6.07) is 6.75. The van der Waals surface area contributed by atoms with Crippen LogP contribution in [0.15, 0.2) is 46.5 Å². The van der Waals surface area contributed by atoms with Crippen LogP contribution >= 0.6 is 0 Å². The number of carbonyl (C=O) groups excluding carboxylic acids is 1. The predicted octanol–water partition coefficient (Wildman–Crippen LogP) is 0.874. The van der Waals surface area contributed by atoms with Gasteiger partial charge in [-0.2, -0.15) is 0 Å². The summed E-state index contributed by atoms with van der Waals surface area (Å²) in [5.41, 5.74) is -0.430. The van der Waals surface area contributed by atoms with Gasteiger partial charge in [-0.05, 0) is 26.0 Å². The Morgan fingerprint density at radius 3 is 2.59 bits per heavy atom. The van der Waals surface area contributed by atoms with E-state index in [2.05, 4.69) is 11.9 Å². The van der Waals surface area contributed by atoms with Crippen molar-refractivity contribution in [2.75, 3.05) is 0 Å². The number of para-hydroxylation sites is 1. The van der Waals surface area contributed by atoms with Crippen LogP contribution in [0.4, 0.5) is 0 Å². The van der Waals surface area contributed by atoms with Gasteiger partial charge in [0.25, 0.3) is 5.56 Å². The molecule has 0 fully saturated rings. The van der Waals surface area contributed by atoms with Crippen LogP contribution in [-0.4, -0.2) is 21.1 Å². The van der Waals surface area contributed by atoms with Crippen LogP contribution < -0.4 is 16.6 Å². The molecular formula is C16H19N3O3. The average Bonchev–Trinajstić information content (AvgIpc) is 2.47. The Morgan fingerprint density at radius 1 is 1.27 bits per heavy atom. The Balaban J connectivity index is 2.66. The van der Waals surface area contributed by atoms with E-state index in [0.717, 1.165) is 4.57 Å². The normalized spacial score (nSPS) is 10.9. The Labute approximate surface area is 127 Å². The standard InChI is InChI=1S/C16H19N3O3/c1-4-9-18-15(21)12-7-5-6-8-13(12)19(16(18)22)10-14(20)17-11(2)3/h4-8,11H,1,9-10H2,2-3H3,(H,17,20). The first kappa shape index (κ1) is 15.8. The number of rotatable bonds is 5. The van der Waals surface area contributed by atoms with Crippen molar-refractivity contribution in [1.82, 2.24) is 14.5 Å². The van der Waals surface area contributed by atoms with Crippen molar-refractivity contribution in [3.8, 4) is 0 Å². The molecular weight excluding hydrogens is 282 g/mol. The maximum atomic E-state index is 12.5. The zero-order valence-electron chi connectivity index (χ0n) is 12.7. The highest BCUT2D eigenvalue weighted by molar-refractivity contribution is 5.81. The first-order valence-corrected chi connectivity index (χ1v) is 7.08. The summed E-state index contributed by atoms with van der Waals surface area (Å²) in [7, 11) is 0. The zero-order valence-corrected chi connectivity index (χ0v) is 12.7. The minimum absolute atomic E-state index is 0.0199. The van der Waals surface area contributed by atoms with E-state index in [9.17, 15) is 14.4 Å². The number of carbonyl (C=O) groups is 1. The number of aromatic nitrogens is 2. The third-order valence-electron chi connectivity index (χ3n) is 3.20. The van der Waals surface area contributed by atoms with E-state index in [1.165, 1.54) is 10.6 Å². The largest absolute Gasteiger partial charge is 0.352 e. The highest BCUT2D eigenvalue weighted by atomic mass is 16.2. The van der Waals surface area contributed by atoms with Crippen LogP contribution in [0.5, 0.6) is 0 Å². The van der Waals surface area contributed by atoms with Crippen molar-refractivity contribution < 1.29 is 4.79 Å². The van der Waals surface area contributed by atoms with Gasteiger partial charge in [0.2, 0.25) is 5.91 Å². The third-order valence-corrected chi connectivity index (χ3v) is 3.20. The van der Waals surface area contributed by atoms with Crippen molar-refractivity contribution in [2.24, 2.45) is 0 Å². The van der Waals surface area contributed by atoms with Gasteiger partial charge in [-0.1, -0.05) is 18.2 Å². The molecule has 2 aromatic rings. The smallest absolute Gasteiger partial charge is 0.332 e. The number of nitrogens with zero attached hydrogens (tertiary/aromatic N) is 2. The van der Waals surface area contributed by atoms with Crippen LogP contribution in [0, 0.1) is 0 Å². The summed E-state index contributed by atoms with van der Waals surface area (Å²) in [6.07, 6.45) is 1.48. The Morgan fingerprint density at radius 2 is 1.95 bits per heavy atom. The zero-order chi connectivity index (χ0) is 16.3. The monoisotopic (exact) mass is 301 g/mol. The molecule has 6 nitrogen and oxygen atoms in total. The number of hydrogen-bond acceptors (Lipinski definition) is 3. The lowest BCUT2D eigenvalue weighted by Crippen LogP contribution is -2.43. The van der Waals surface area contributed by atoms with Gasteiger partial charge in [-0.15, -0.1) is 6.58 Å². The second-order valence-electron chi connectivity index (χ2n) is 5.31. The molecule has 1 amide bonds. The lowest BCUT2D eigenvalue weighted by atomic mass is 10.2. The maximum absolute atomic E-state index is 12.5. The quantitative estimate of drug-likeness (QED) is 0.833. The number of benzene rings is 1. The number of fused-ring (bicyclic) bond motifs is 1. The van der Waals surface area contributed by atoms with Gasteiger partial charge in [0, 0.05) is 12.6 Å². The second-order valence-corrected chi connectivity index (χ2v) is 5.31. The molecule has 22 heavy (non-hydrogen) atoms. The minimum Gasteiger partial charge on any atom is -0.352 e. The van der Waals surface area contributed by atoms with Gasteiger partial charge >= 0.3 is 5.69 Å². The molecule has 2 rings (SSSR count). The van der Waals surface area contributed by atoms with Gasteiger partial charge in [-0.25, -0.2) is 4.79 Å². The van der Waals surface area contributed by atoms with E-state index in [0.29, 0.717) is 10.9 Å². The van der Waals surface area contributed by atoms with E-state index in [-0.39, 0.29) is 30.6 Å². The van der Waals surface area contributed by atoms with Crippen molar-refractivity contribution in [3.63, 3.8) is 0 Å². The molecule has 1 N–H and O–H groups in total. The molecule has 0 radical (unpaired) electrons. The van der Waals surface area contributed by atoms with E-state index < -0.39 is 5.69 Å². The van der Waals surface area contributed by atoms with Gasteiger partial charge < -0.3 is 5.32 Å². The first-order valence-electron chi connectivity index (χ1n) is 7.08. The Kier molecular flexibility index (Phi) is 4.60. The molecule has 0 spiro atoms. The van der Waals surface area contributed by atoms with Crippen molar-refractivity contribution in [3.05, 3.63) is 57.8 Å². The SMILES string of the molecule is C=CCn1c(=O)c2ccccc2n(CC(=O)NC(C)C)c1=O. The highest BCUT2D eigenvalue weighted by Gasteiger charge is 2.14. The molecule has 0 aliphatic carbocycles. The lowest BCUT2D eigenvalue weighted by molar-refractivity contribution is -0.122. The maximum Gasteiger partial charge on any atom is 0.332 e. The molecule has 0 saturated carbocycles. The Bertz CT molecular complexity index is 831. The van der Waals surface area contributed by atoms with Crippen molar-refractivity contribution >= 4 is 16.8 Å². The Hall–Kier alpha value is -2.63. The van der Waals surface area contributed by atoms with Gasteiger partial charge in [-0.3, -0.25) is 18.7 Å². The fourth-order valence-corrected chi connectivity index (χ4v) is 2.33. The fourth-order valence-electron chi connectivity index (χ4n) is 2.33. The van der Waals surface area contributed by atoms with Gasteiger partial charge in [0.1, 0.15) is 6.54 Å². The molecule has 6 heteroatoms. The molecule has 0 unspecified atom stereocenters. The summed E-state index contributed by atoms with van der Waals surface area (Å²) in [5, 5.41) is 3.15. The lowest BCUT2D eigenvalue weighted by Gasteiger charge is -2.14. The molecule has 0 aliphatic heterocycles. The molecule has 1 aromatic carbocycles. The molecule has 116 valence electrons. The molecule has 0 bridgehead atoms. The van der Waals surface area contributed by atoms with Crippen LogP contribution in [0.2, 0.25) is 0 Å². The molecule has 1 heterocycles. The van der Waals surface area contributed by atoms with Crippen molar-refractivity contribution in [2.45, 2.75) is 33.0 Å². The second kappa shape index (κ2) is 6.43. The number of allylic oxidation sites excluding steroid dienone is 1. The molecule has 1 aromatic heterocycles. The van der Waals surface area contributed by atoms with Gasteiger partial charge in [0.05, 0.1) is 10.9 Å². The van der Waals surface area contributed by atoms with E-state index in [1.54, 1.807) is 24.3 Å². The number of amides is 1.